The van der Waals surface area contributed by atoms with Crippen LogP contribution in [0.1, 0.15) is 10.4 Å². The Morgan fingerprint density at radius 3 is 2.69 bits per heavy atom. The molecule has 2 aromatic heterocycles. The summed E-state index contributed by atoms with van der Waals surface area (Å²) in [7, 11) is 0. The van der Waals surface area contributed by atoms with E-state index in [9.17, 15) is 4.79 Å². The van der Waals surface area contributed by atoms with E-state index in [2.05, 4.69) is 25.8 Å². The third-order valence-corrected chi connectivity index (χ3v) is 3.89. The zero-order valence-electron chi connectivity index (χ0n) is 13.6. The van der Waals surface area contributed by atoms with Crippen LogP contribution in [-0.4, -0.2) is 25.7 Å². The molecule has 0 unspecified atom stereocenters. The SMILES string of the molecule is NNc1ncnc2c1cnn2-c1cccc(NC(=O)c2ccccc2)c1. The molecule has 0 atom stereocenters. The minimum atomic E-state index is -0.176. The highest BCUT2D eigenvalue weighted by Crippen LogP contribution is 2.22. The fraction of sp³-hybridized carbons (Fsp3) is 0. The lowest BCUT2D eigenvalue weighted by molar-refractivity contribution is 0.102. The fourth-order valence-electron chi connectivity index (χ4n) is 2.66. The van der Waals surface area contributed by atoms with Gasteiger partial charge in [-0.15, -0.1) is 0 Å². The fourth-order valence-corrected chi connectivity index (χ4v) is 2.66. The van der Waals surface area contributed by atoms with Crippen LogP contribution in [0, 0.1) is 0 Å². The molecule has 0 fully saturated rings. The first-order valence-corrected chi connectivity index (χ1v) is 7.88. The largest absolute Gasteiger partial charge is 0.322 e. The van der Waals surface area contributed by atoms with Gasteiger partial charge in [-0.1, -0.05) is 24.3 Å². The lowest BCUT2D eigenvalue weighted by atomic mass is 10.2. The van der Waals surface area contributed by atoms with Crippen LogP contribution >= 0.6 is 0 Å². The zero-order chi connectivity index (χ0) is 17.9. The smallest absolute Gasteiger partial charge is 0.255 e. The van der Waals surface area contributed by atoms with E-state index in [0.717, 1.165) is 5.69 Å². The van der Waals surface area contributed by atoms with Crippen LogP contribution in [0.25, 0.3) is 16.7 Å². The second kappa shape index (κ2) is 6.61. The molecule has 0 aliphatic heterocycles. The molecule has 0 spiro atoms. The molecule has 2 heterocycles. The number of nitrogens with zero attached hydrogens (tertiary/aromatic N) is 4. The van der Waals surface area contributed by atoms with Crippen molar-refractivity contribution >= 4 is 28.4 Å². The molecule has 4 aromatic rings. The van der Waals surface area contributed by atoms with E-state index in [1.165, 1.54) is 6.33 Å². The standard InChI is InChI=1S/C18H15N7O/c19-24-16-15-10-22-25(17(15)21-11-20-16)14-8-4-7-13(9-14)23-18(26)12-5-2-1-3-6-12/h1-11H,19H2,(H,23,26)(H,20,21,24). The Morgan fingerprint density at radius 2 is 1.88 bits per heavy atom. The van der Waals surface area contributed by atoms with Crippen LogP contribution < -0.4 is 16.6 Å². The molecule has 0 bridgehead atoms. The van der Waals surface area contributed by atoms with Gasteiger partial charge in [-0.2, -0.15) is 5.10 Å². The highest BCUT2D eigenvalue weighted by molar-refractivity contribution is 6.04. The number of nitrogens with two attached hydrogens (primary N) is 1. The van der Waals surface area contributed by atoms with Gasteiger partial charge in [-0.05, 0) is 30.3 Å². The van der Waals surface area contributed by atoms with E-state index in [-0.39, 0.29) is 5.91 Å². The number of anilines is 2. The van der Waals surface area contributed by atoms with Gasteiger partial charge in [0.1, 0.15) is 6.33 Å². The Bertz CT molecular complexity index is 1080. The summed E-state index contributed by atoms with van der Waals surface area (Å²) >= 11 is 0. The molecule has 1 amide bonds. The number of carbonyl (C=O) groups excluding carboxylic acids is 1. The van der Waals surface area contributed by atoms with Crippen molar-refractivity contribution in [1.29, 1.82) is 0 Å². The molecule has 0 aliphatic rings. The lowest BCUT2D eigenvalue weighted by Gasteiger charge is -2.08. The highest BCUT2D eigenvalue weighted by atomic mass is 16.1. The van der Waals surface area contributed by atoms with Gasteiger partial charge in [-0.3, -0.25) is 4.79 Å². The maximum Gasteiger partial charge on any atom is 0.255 e. The van der Waals surface area contributed by atoms with Crippen LogP contribution in [-0.2, 0) is 0 Å². The number of hydrazine groups is 1. The Labute approximate surface area is 148 Å². The van der Waals surface area contributed by atoms with E-state index in [1.807, 2.05) is 42.5 Å². The summed E-state index contributed by atoms with van der Waals surface area (Å²) in [5, 5.41) is 7.95. The number of hydrogen-bond acceptors (Lipinski definition) is 6. The van der Waals surface area contributed by atoms with Crippen molar-refractivity contribution in [2.75, 3.05) is 10.7 Å². The summed E-state index contributed by atoms with van der Waals surface area (Å²) < 4.78 is 1.66. The average molecular weight is 345 g/mol. The first-order chi connectivity index (χ1) is 12.8. The van der Waals surface area contributed by atoms with Crippen LogP contribution in [0.4, 0.5) is 11.5 Å². The molecule has 0 saturated carbocycles. The van der Waals surface area contributed by atoms with Crippen LogP contribution in [0.15, 0.2) is 67.1 Å². The lowest BCUT2D eigenvalue weighted by Crippen LogP contribution is -2.12. The number of nitrogen functional groups attached to an aromatic ring is 1. The zero-order valence-corrected chi connectivity index (χ0v) is 13.6. The van der Waals surface area contributed by atoms with Crippen molar-refractivity contribution in [3.63, 3.8) is 0 Å². The van der Waals surface area contributed by atoms with Crippen molar-refractivity contribution in [1.82, 2.24) is 19.7 Å². The predicted molar refractivity (Wildman–Crippen MR) is 98.9 cm³/mol. The molecule has 0 aliphatic carbocycles. The Balaban J connectivity index is 1.67. The van der Waals surface area contributed by atoms with Gasteiger partial charge in [0.15, 0.2) is 11.5 Å². The van der Waals surface area contributed by atoms with Gasteiger partial charge in [0, 0.05) is 11.3 Å². The molecule has 128 valence electrons. The summed E-state index contributed by atoms with van der Waals surface area (Å²) in [5.74, 6) is 5.79. The van der Waals surface area contributed by atoms with Gasteiger partial charge in [0.05, 0.1) is 17.3 Å². The maximum atomic E-state index is 12.3. The van der Waals surface area contributed by atoms with Gasteiger partial charge in [0.2, 0.25) is 0 Å². The number of amides is 1. The number of carbonyl (C=O) groups is 1. The second-order valence-electron chi connectivity index (χ2n) is 5.53. The van der Waals surface area contributed by atoms with Gasteiger partial charge in [-0.25, -0.2) is 20.5 Å². The first kappa shape index (κ1) is 15.7. The minimum absolute atomic E-state index is 0.176. The van der Waals surface area contributed by atoms with Gasteiger partial charge < -0.3 is 10.7 Å². The highest BCUT2D eigenvalue weighted by Gasteiger charge is 2.11. The summed E-state index contributed by atoms with van der Waals surface area (Å²) in [6, 6.07) is 16.4. The molecule has 0 radical (unpaired) electrons. The molecular formula is C18H15N7O. The third-order valence-electron chi connectivity index (χ3n) is 3.89. The van der Waals surface area contributed by atoms with Crippen molar-refractivity contribution in [3.05, 3.63) is 72.7 Å². The Kier molecular flexibility index (Phi) is 4.00. The van der Waals surface area contributed by atoms with Crippen LogP contribution in [0.3, 0.4) is 0 Å². The molecule has 26 heavy (non-hydrogen) atoms. The van der Waals surface area contributed by atoms with Crippen LogP contribution in [0.5, 0.6) is 0 Å². The van der Waals surface area contributed by atoms with Gasteiger partial charge >= 0.3 is 0 Å². The minimum Gasteiger partial charge on any atom is -0.322 e. The van der Waals surface area contributed by atoms with Crippen molar-refractivity contribution in [2.45, 2.75) is 0 Å². The number of hydrogen-bond donors (Lipinski definition) is 3. The molecule has 8 heteroatoms. The summed E-state index contributed by atoms with van der Waals surface area (Å²) in [5.41, 5.74) is 5.15. The van der Waals surface area contributed by atoms with E-state index in [4.69, 9.17) is 5.84 Å². The summed E-state index contributed by atoms with van der Waals surface area (Å²) in [6.45, 7) is 0. The van der Waals surface area contributed by atoms with Crippen LogP contribution in [0.2, 0.25) is 0 Å². The molecule has 0 saturated heterocycles. The van der Waals surface area contributed by atoms with E-state index >= 15 is 0 Å². The van der Waals surface area contributed by atoms with Gasteiger partial charge in [0.25, 0.3) is 5.91 Å². The van der Waals surface area contributed by atoms with E-state index < -0.39 is 0 Å². The molecule has 8 nitrogen and oxygen atoms in total. The molecule has 2 aromatic carbocycles. The predicted octanol–water partition coefficient (Wildman–Crippen LogP) is 2.35. The normalized spacial score (nSPS) is 10.7. The Morgan fingerprint density at radius 1 is 1.04 bits per heavy atom. The average Bonchev–Trinajstić information content (AvgIpc) is 3.13. The molecule has 4 N–H and O–H groups in total. The maximum absolute atomic E-state index is 12.3. The van der Waals surface area contributed by atoms with E-state index in [0.29, 0.717) is 28.1 Å². The van der Waals surface area contributed by atoms with Crippen molar-refractivity contribution in [3.8, 4) is 5.69 Å². The summed E-state index contributed by atoms with van der Waals surface area (Å²) in [6.07, 6.45) is 3.05. The first-order valence-electron chi connectivity index (χ1n) is 7.88. The number of benzene rings is 2. The number of rotatable bonds is 4. The van der Waals surface area contributed by atoms with E-state index in [1.54, 1.807) is 23.0 Å². The third kappa shape index (κ3) is 2.85. The Hall–Kier alpha value is -3.78. The topological polar surface area (TPSA) is 111 Å². The molecular weight excluding hydrogens is 330 g/mol. The number of aromatic nitrogens is 4. The van der Waals surface area contributed by atoms with Crippen molar-refractivity contribution in [2.24, 2.45) is 5.84 Å². The number of nitrogens with one attached hydrogen (secondary N) is 2. The summed E-state index contributed by atoms with van der Waals surface area (Å²) in [4.78, 5) is 20.7. The second-order valence-corrected chi connectivity index (χ2v) is 5.53. The monoisotopic (exact) mass is 345 g/mol. The number of fused-ring (bicyclic) bond motifs is 1. The quantitative estimate of drug-likeness (QED) is 0.387. The van der Waals surface area contributed by atoms with Crippen molar-refractivity contribution < 1.29 is 4.79 Å². The molecule has 4 rings (SSSR count).